The highest BCUT2D eigenvalue weighted by Gasteiger charge is 2.47. The van der Waals surface area contributed by atoms with E-state index in [4.69, 9.17) is 5.26 Å². The summed E-state index contributed by atoms with van der Waals surface area (Å²) in [4.78, 5) is 25.7. The first-order valence-electron chi connectivity index (χ1n) is 6.80. The van der Waals surface area contributed by atoms with E-state index in [0.717, 1.165) is 11.0 Å². The predicted molar refractivity (Wildman–Crippen MR) is 72.0 cm³/mol. The normalized spacial score (nSPS) is 24.1. The van der Waals surface area contributed by atoms with Crippen LogP contribution in [0.4, 0.5) is 4.39 Å². The first kappa shape index (κ1) is 13.5. The number of nitrogens with zero attached hydrogens (tertiary/aromatic N) is 2. The van der Waals surface area contributed by atoms with E-state index >= 15 is 0 Å². The van der Waals surface area contributed by atoms with Gasteiger partial charge in [-0.25, -0.2) is 4.39 Å². The summed E-state index contributed by atoms with van der Waals surface area (Å²) in [5.41, 5.74) is 0.468. The maximum Gasteiger partial charge on any atom is 0.233 e. The molecule has 1 aromatic carbocycles. The molecule has 1 heterocycles. The van der Waals surface area contributed by atoms with Crippen LogP contribution in [-0.2, 0) is 16.1 Å². The predicted octanol–water partition coefficient (Wildman–Crippen LogP) is 2.15. The SMILES string of the molecule is N#Cc1ccc(CN2C(=O)[C@H]3CC=CC[C@H]3C2=O)c(F)c1. The number of carbonyl (C=O) groups excluding carboxylic acids is 2. The van der Waals surface area contributed by atoms with Gasteiger partial charge >= 0.3 is 0 Å². The van der Waals surface area contributed by atoms with E-state index in [0.29, 0.717) is 12.8 Å². The molecular formula is C16H13FN2O2. The number of imide groups is 1. The molecule has 106 valence electrons. The number of benzene rings is 1. The van der Waals surface area contributed by atoms with Gasteiger partial charge in [-0.15, -0.1) is 0 Å². The number of hydrogen-bond acceptors (Lipinski definition) is 3. The zero-order valence-corrected chi connectivity index (χ0v) is 11.3. The third kappa shape index (κ3) is 2.23. The Kier molecular flexibility index (Phi) is 3.30. The molecule has 0 saturated carbocycles. The number of halogens is 1. The molecule has 4 nitrogen and oxygen atoms in total. The Morgan fingerprint density at radius 2 is 1.81 bits per heavy atom. The van der Waals surface area contributed by atoms with E-state index < -0.39 is 5.82 Å². The van der Waals surface area contributed by atoms with Crippen molar-refractivity contribution in [3.05, 3.63) is 47.3 Å². The second-order valence-corrected chi connectivity index (χ2v) is 5.34. The molecule has 0 unspecified atom stereocenters. The molecule has 1 aliphatic carbocycles. The maximum atomic E-state index is 13.9. The van der Waals surface area contributed by atoms with Gasteiger partial charge in [0.15, 0.2) is 0 Å². The van der Waals surface area contributed by atoms with Crippen LogP contribution in [0.5, 0.6) is 0 Å². The number of nitriles is 1. The van der Waals surface area contributed by atoms with Crippen molar-refractivity contribution in [1.82, 2.24) is 4.90 Å². The van der Waals surface area contributed by atoms with Crippen molar-refractivity contribution in [3.8, 4) is 6.07 Å². The fraction of sp³-hybridized carbons (Fsp3) is 0.312. The number of rotatable bonds is 2. The first-order valence-corrected chi connectivity index (χ1v) is 6.80. The molecular weight excluding hydrogens is 271 g/mol. The van der Waals surface area contributed by atoms with Gasteiger partial charge in [-0.3, -0.25) is 14.5 Å². The van der Waals surface area contributed by atoms with Crippen LogP contribution in [0.2, 0.25) is 0 Å². The van der Waals surface area contributed by atoms with Gasteiger partial charge in [-0.05, 0) is 25.0 Å². The number of amides is 2. The Balaban J connectivity index is 1.84. The zero-order chi connectivity index (χ0) is 15.0. The van der Waals surface area contributed by atoms with Crippen LogP contribution in [0.15, 0.2) is 30.4 Å². The van der Waals surface area contributed by atoms with E-state index in [2.05, 4.69) is 0 Å². The lowest BCUT2D eigenvalue weighted by Crippen LogP contribution is -2.30. The van der Waals surface area contributed by atoms with Gasteiger partial charge in [0.2, 0.25) is 11.8 Å². The third-order valence-corrected chi connectivity index (χ3v) is 4.11. The molecule has 21 heavy (non-hydrogen) atoms. The van der Waals surface area contributed by atoms with Crippen molar-refractivity contribution in [2.45, 2.75) is 19.4 Å². The summed E-state index contributed by atoms with van der Waals surface area (Å²) in [6.45, 7) is -0.0673. The van der Waals surface area contributed by atoms with E-state index in [1.807, 2.05) is 18.2 Å². The summed E-state index contributed by atoms with van der Waals surface area (Å²) in [6.07, 6.45) is 4.97. The molecule has 3 rings (SSSR count). The van der Waals surface area contributed by atoms with Crippen molar-refractivity contribution in [1.29, 1.82) is 5.26 Å². The highest BCUT2D eigenvalue weighted by molar-refractivity contribution is 6.05. The summed E-state index contributed by atoms with van der Waals surface area (Å²) in [5, 5.41) is 8.72. The second kappa shape index (κ2) is 5.13. The minimum Gasteiger partial charge on any atom is -0.277 e. The Bertz CT molecular complexity index is 664. The van der Waals surface area contributed by atoms with Crippen LogP contribution in [-0.4, -0.2) is 16.7 Å². The molecule has 0 bridgehead atoms. The molecule has 0 spiro atoms. The minimum atomic E-state index is -0.567. The third-order valence-electron chi connectivity index (χ3n) is 4.11. The van der Waals surface area contributed by atoms with Crippen molar-refractivity contribution >= 4 is 11.8 Å². The molecule has 1 fully saturated rings. The van der Waals surface area contributed by atoms with E-state index in [9.17, 15) is 14.0 Å². The van der Waals surface area contributed by atoms with Gasteiger partial charge in [-0.2, -0.15) is 5.26 Å². The van der Waals surface area contributed by atoms with Crippen LogP contribution in [0.25, 0.3) is 0 Å². The fourth-order valence-corrected chi connectivity index (χ4v) is 2.94. The summed E-state index contributed by atoms with van der Waals surface area (Å²) in [5.74, 6) is -1.62. The monoisotopic (exact) mass is 284 g/mol. The molecule has 1 aliphatic heterocycles. The van der Waals surface area contributed by atoms with Gasteiger partial charge in [0.1, 0.15) is 5.82 Å². The Labute approximate surface area is 121 Å². The highest BCUT2D eigenvalue weighted by atomic mass is 19.1. The number of hydrogen-bond donors (Lipinski definition) is 0. The lowest BCUT2D eigenvalue weighted by molar-refractivity contribution is -0.140. The molecule has 1 saturated heterocycles. The molecule has 0 radical (unpaired) electrons. The Morgan fingerprint density at radius 1 is 1.19 bits per heavy atom. The number of allylic oxidation sites excluding steroid dienone is 2. The number of likely N-dealkylation sites (tertiary alicyclic amines) is 1. The highest BCUT2D eigenvalue weighted by Crippen LogP contribution is 2.35. The average molecular weight is 284 g/mol. The molecule has 1 aromatic rings. The summed E-state index contributed by atoms with van der Waals surface area (Å²) in [7, 11) is 0. The van der Waals surface area contributed by atoms with Gasteiger partial charge in [-0.1, -0.05) is 18.2 Å². The van der Waals surface area contributed by atoms with Crippen molar-refractivity contribution in [2.24, 2.45) is 11.8 Å². The smallest absolute Gasteiger partial charge is 0.233 e. The van der Waals surface area contributed by atoms with E-state index in [1.165, 1.54) is 12.1 Å². The summed E-state index contributed by atoms with van der Waals surface area (Å²) < 4.78 is 13.9. The fourth-order valence-electron chi connectivity index (χ4n) is 2.94. The van der Waals surface area contributed by atoms with Crippen LogP contribution >= 0.6 is 0 Å². The molecule has 0 N–H and O–H groups in total. The van der Waals surface area contributed by atoms with Gasteiger partial charge < -0.3 is 0 Å². The number of carbonyl (C=O) groups is 2. The molecule has 2 aliphatic rings. The number of fused-ring (bicyclic) bond motifs is 1. The molecule has 5 heteroatoms. The van der Waals surface area contributed by atoms with Gasteiger partial charge in [0.05, 0.1) is 30.0 Å². The first-order chi connectivity index (χ1) is 10.1. The standard InChI is InChI=1S/C16H13FN2O2/c17-14-7-10(8-18)5-6-11(14)9-19-15(20)12-3-1-2-4-13(12)16(19)21/h1-2,5-7,12-13H,3-4,9H2/t12-,13+. The molecule has 2 amide bonds. The van der Waals surface area contributed by atoms with Crippen molar-refractivity contribution < 1.29 is 14.0 Å². The largest absolute Gasteiger partial charge is 0.277 e. The van der Waals surface area contributed by atoms with Crippen LogP contribution in [0.1, 0.15) is 24.0 Å². The maximum absolute atomic E-state index is 13.9. The zero-order valence-electron chi connectivity index (χ0n) is 11.3. The Hall–Kier alpha value is -2.48. The summed E-state index contributed by atoms with van der Waals surface area (Å²) in [6, 6.07) is 5.91. The average Bonchev–Trinajstić information content (AvgIpc) is 2.74. The van der Waals surface area contributed by atoms with E-state index in [1.54, 1.807) is 0 Å². The second-order valence-electron chi connectivity index (χ2n) is 5.34. The Morgan fingerprint density at radius 3 is 2.33 bits per heavy atom. The summed E-state index contributed by atoms with van der Waals surface area (Å²) >= 11 is 0. The molecule has 0 aromatic heterocycles. The van der Waals surface area contributed by atoms with Crippen LogP contribution in [0.3, 0.4) is 0 Å². The lowest BCUT2D eigenvalue weighted by atomic mass is 9.85. The van der Waals surface area contributed by atoms with Crippen molar-refractivity contribution in [3.63, 3.8) is 0 Å². The quantitative estimate of drug-likeness (QED) is 0.617. The molecule has 2 atom stereocenters. The minimum absolute atomic E-state index is 0.0673. The lowest BCUT2D eigenvalue weighted by Gasteiger charge is -2.15. The van der Waals surface area contributed by atoms with Crippen molar-refractivity contribution in [2.75, 3.05) is 0 Å². The van der Waals surface area contributed by atoms with E-state index in [-0.39, 0.29) is 41.3 Å². The topological polar surface area (TPSA) is 61.2 Å². The van der Waals surface area contributed by atoms with Gasteiger partial charge in [0.25, 0.3) is 0 Å². The van der Waals surface area contributed by atoms with Crippen LogP contribution in [0, 0.1) is 29.0 Å². The van der Waals surface area contributed by atoms with Gasteiger partial charge in [0, 0.05) is 5.56 Å². The van der Waals surface area contributed by atoms with Crippen LogP contribution < -0.4 is 0 Å².